The van der Waals surface area contributed by atoms with Gasteiger partial charge < -0.3 is 14.9 Å². The lowest BCUT2D eigenvalue weighted by Crippen LogP contribution is -2.22. The van der Waals surface area contributed by atoms with Crippen LogP contribution < -0.4 is 5.73 Å². The predicted octanol–water partition coefficient (Wildman–Crippen LogP) is 1.63. The minimum absolute atomic E-state index is 0.0275. The van der Waals surface area contributed by atoms with E-state index in [4.69, 9.17) is 14.9 Å². The highest BCUT2D eigenvalue weighted by Crippen LogP contribution is 2.28. The van der Waals surface area contributed by atoms with Gasteiger partial charge in [0.15, 0.2) is 0 Å². The second-order valence-corrected chi connectivity index (χ2v) is 3.40. The summed E-state index contributed by atoms with van der Waals surface area (Å²) >= 11 is 0. The zero-order valence-electron chi connectivity index (χ0n) is 7.82. The molecule has 0 amide bonds. The molecule has 13 heavy (non-hydrogen) atoms. The van der Waals surface area contributed by atoms with Crippen molar-refractivity contribution in [2.24, 2.45) is 5.73 Å². The van der Waals surface area contributed by atoms with E-state index in [1.165, 1.54) is 0 Å². The molecule has 3 nitrogen and oxygen atoms in total. The summed E-state index contributed by atoms with van der Waals surface area (Å²) in [6.45, 7) is 2.81. The van der Waals surface area contributed by atoms with E-state index in [1.807, 2.05) is 12.1 Å². The van der Waals surface area contributed by atoms with Crippen molar-refractivity contribution >= 4 is 0 Å². The van der Waals surface area contributed by atoms with E-state index in [0.29, 0.717) is 0 Å². The molecule has 2 unspecified atom stereocenters. The average molecular weight is 181 g/mol. The average Bonchev–Trinajstić information content (AvgIpc) is 2.71. The van der Waals surface area contributed by atoms with E-state index in [-0.39, 0.29) is 12.1 Å². The molecule has 1 aromatic heterocycles. The van der Waals surface area contributed by atoms with Crippen LogP contribution >= 0.6 is 0 Å². The van der Waals surface area contributed by atoms with E-state index in [0.717, 1.165) is 31.0 Å². The summed E-state index contributed by atoms with van der Waals surface area (Å²) in [5, 5.41) is 0. The van der Waals surface area contributed by atoms with Crippen molar-refractivity contribution in [3.05, 3.63) is 23.7 Å². The van der Waals surface area contributed by atoms with Crippen LogP contribution in [0.5, 0.6) is 0 Å². The number of aryl methyl sites for hydroxylation is 1. The fourth-order valence-corrected chi connectivity index (χ4v) is 1.64. The highest BCUT2D eigenvalue weighted by molar-refractivity contribution is 5.12. The monoisotopic (exact) mass is 181 g/mol. The largest absolute Gasteiger partial charge is 0.463 e. The minimum Gasteiger partial charge on any atom is -0.463 e. The second-order valence-electron chi connectivity index (χ2n) is 3.40. The number of nitrogens with two attached hydrogens (primary N) is 1. The third kappa shape index (κ3) is 1.62. The molecule has 1 saturated heterocycles. The normalized spacial score (nSPS) is 28.2. The van der Waals surface area contributed by atoms with E-state index in [9.17, 15) is 0 Å². The van der Waals surface area contributed by atoms with Crippen LogP contribution in [-0.4, -0.2) is 12.6 Å². The molecule has 0 aromatic carbocycles. The molecule has 0 spiro atoms. The summed E-state index contributed by atoms with van der Waals surface area (Å²) < 4.78 is 11.1. The highest BCUT2D eigenvalue weighted by Gasteiger charge is 2.28. The van der Waals surface area contributed by atoms with E-state index < -0.39 is 0 Å². The first-order valence-corrected chi connectivity index (χ1v) is 4.77. The lowest BCUT2D eigenvalue weighted by atomic mass is 10.1. The Bertz CT molecular complexity index is 282. The van der Waals surface area contributed by atoms with Crippen LogP contribution in [0.25, 0.3) is 0 Å². The Morgan fingerprint density at radius 3 is 2.92 bits per heavy atom. The van der Waals surface area contributed by atoms with E-state index in [2.05, 4.69) is 6.92 Å². The van der Waals surface area contributed by atoms with Gasteiger partial charge in [0.05, 0.1) is 0 Å². The Kier molecular flexibility index (Phi) is 2.38. The first kappa shape index (κ1) is 8.78. The summed E-state index contributed by atoms with van der Waals surface area (Å²) in [5.74, 6) is 1.87. The quantitative estimate of drug-likeness (QED) is 0.754. The number of furan rings is 1. The Morgan fingerprint density at radius 1 is 1.54 bits per heavy atom. The first-order valence-electron chi connectivity index (χ1n) is 4.77. The van der Waals surface area contributed by atoms with Crippen molar-refractivity contribution in [2.75, 3.05) is 6.61 Å². The van der Waals surface area contributed by atoms with Crippen LogP contribution in [0.1, 0.15) is 31.0 Å². The molecule has 1 aromatic rings. The molecule has 1 aliphatic rings. The molecule has 0 bridgehead atoms. The number of rotatable bonds is 2. The second kappa shape index (κ2) is 3.52. The molecule has 0 aliphatic carbocycles. The maximum atomic E-state index is 5.88. The molecule has 2 rings (SSSR count). The lowest BCUT2D eigenvalue weighted by molar-refractivity contribution is 0.0856. The summed E-state index contributed by atoms with van der Waals surface area (Å²) in [7, 11) is 0. The van der Waals surface area contributed by atoms with Gasteiger partial charge in [-0.05, 0) is 18.6 Å². The van der Waals surface area contributed by atoms with Gasteiger partial charge >= 0.3 is 0 Å². The molecule has 2 atom stereocenters. The molecule has 0 radical (unpaired) electrons. The highest BCUT2D eigenvalue weighted by atomic mass is 16.5. The van der Waals surface area contributed by atoms with Crippen molar-refractivity contribution in [1.29, 1.82) is 0 Å². The van der Waals surface area contributed by atoms with Crippen LogP contribution in [0.15, 0.2) is 16.5 Å². The van der Waals surface area contributed by atoms with Crippen molar-refractivity contribution in [3.63, 3.8) is 0 Å². The first-order chi connectivity index (χ1) is 6.31. The summed E-state index contributed by atoms with van der Waals surface area (Å²) in [6.07, 6.45) is 1.81. The van der Waals surface area contributed by atoms with Crippen LogP contribution in [0, 0.1) is 0 Å². The van der Waals surface area contributed by atoms with Gasteiger partial charge in [-0.15, -0.1) is 0 Å². The van der Waals surface area contributed by atoms with Gasteiger partial charge in [-0.2, -0.15) is 0 Å². The van der Waals surface area contributed by atoms with Crippen LogP contribution in [-0.2, 0) is 11.2 Å². The standard InChI is InChI=1S/C10H15NO2/c1-2-7-3-4-9(13-7)10-8(11)5-6-12-10/h3-4,8,10H,2,5-6,11H2,1H3. The fraction of sp³-hybridized carbons (Fsp3) is 0.600. The van der Waals surface area contributed by atoms with Crippen molar-refractivity contribution < 1.29 is 9.15 Å². The maximum absolute atomic E-state index is 5.88. The van der Waals surface area contributed by atoms with Gasteiger partial charge in [0.2, 0.25) is 0 Å². The molecule has 1 fully saturated rings. The Balaban J connectivity index is 2.15. The van der Waals surface area contributed by atoms with Gasteiger partial charge in [0, 0.05) is 19.1 Å². The van der Waals surface area contributed by atoms with E-state index >= 15 is 0 Å². The topological polar surface area (TPSA) is 48.4 Å². The minimum atomic E-state index is -0.0275. The molecule has 2 N–H and O–H groups in total. The molecule has 0 saturated carbocycles. The summed E-state index contributed by atoms with van der Waals surface area (Å²) in [4.78, 5) is 0. The van der Waals surface area contributed by atoms with Crippen molar-refractivity contribution in [2.45, 2.75) is 31.9 Å². The summed E-state index contributed by atoms with van der Waals surface area (Å²) in [5.41, 5.74) is 5.88. The molecular formula is C10H15NO2. The molecular weight excluding hydrogens is 166 g/mol. The van der Waals surface area contributed by atoms with Gasteiger partial charge in [-0.1, -0.05) is 6.92 Å². The number of hydrogen-bond acceptors (Lipinski definition) is 3. The molecule has 1 aliphatic heterocycles. The number of ether oxygens (including phenoxy) is 1. The lowest BCUT2D eigenvalue weighted by Gasteiger charge is -2.10. The smallest absolute Gasteiger partial charge is 0.134 e. The van der Waals surface area contributed by atoms with Crippen LogP contribution in [0.3, 0.4) is 0 Å². The van der Waals surface area contributed by atoms with Crippen molar-refractivity contribution in [3.8, 4) is 0 Å². The Hall–Kier alpha value is -0.800. The zero-order chi connectivity index (χ0) is 9.26. The van der Waals surface area contributed by atoms with Crippen LogP contribution in [0.4, 0.5) is 0 Å². The Morgan fingerprint density at radius 2 is 2.38 bits per heavy atom. The third-order valence-electron chi connectivity index (χ3n) is 2.45. The Labute approximate surface area is 77.9 Å². The third-order valence-corrected chi connectivity index (χ3v) is 2.45. The molecule has 2 heterocycles. The van der Waals surface area contributed by atoms with Gasteiger partial charge in [0.25, 0.3) is 0 Å². The molecule has 3 heteroatoms. The fourth-order valence-electron chi connectivity index (χ4n) is 1.64. The van der Waals surface area contributed by atoms with E-state index in [1.54, 1.807) is 0 Å². The number of hydrogen-bond donors (Lipinski definition) is 1. The van der Waals surface area contributed by atoms with Crippen LogP contribution in [0.2, 0.25) is 0 Å². The van der Waals surface area contributed by atoms with Gasteiger partial charge in [-0.3, -0.25) is 0 Å². The zero-order valence-corrected chi connectivity index (χ0v) is 7.82. The predicted molar refractivity (Wildman–Crippen MR) is 49.4 cm³/mol. The SMILES string of the molecule is CCc1ccc(C2OCCC2N)o1. The molecule has 72 valence electrons. The van der Waals surface area contributed by atoms with Crippen molar-refractivity contribution in [1.82, 2.24) is 0 Å². The summed E-state index contributed by atoms with van der Waals surface area (Å²) in [6, 6.07) is 4.05. The van der Waals surface area contributed by atoms with Gasteiger partial charge in [0.1, 0.15) is 17.6 Å². The van der Waals surface area contributed by atoms with Gasteiger partial charge in [-0.25, -0.2) is 0 Å². The maximum Gasteiger partial charge on any atom is 0.134 e.